The second kappa shape index (κ2) is 6.54. The number of carboxylic acids is 1. The number of pyridine rings is 1. The molecule has 0 radical (unpaired) electrons. The Balaban J connectivity index is 2.17. The van der Waals surface area contributed by atoms with Crippen molar-refractivity contribution in [1.29, 1.82) is 0 Å². The van der Waals surface area contributed by atoms with Crippen molar-refractivity contribution in [3.05, 3.63) is 62.5 Å². The van der Waals surface area contributed by atoms with Crippen molar-refractivity contribution >= 4 is 45.9 Å². The van der Waals surface area contributed by atoms with Gasteiger partial charge in [-0.15, -0.1) is 0 Å². The van der Waals surface area contributed by atoms with Gasteiger partial charge in [-0.1, -0.05) is 23.2 Å². The first-order chi connectivity index (χ1) is 12.5. The molecule has 0 saturated carbocycles. The van der Waals surface area contributed by atoms with Crippen LogP contribution < -0.4 is 0 Å². The minimum Gasteiger partial charge on any atom is -0.478 e. The van der Waals surface area contributed by atoms with Crippen molar-refractivity contribution in [3.8, 4) is 0 Å². The number of carboxylic acid groups (broad SMARTS) is 1. The summed E-state index contributed by atoms with van der Waals surface area (Å²) in [6, 6.07) is 3.21. The van der Waals surface area contributed by atoms with Crippen LogP contribution in [-0.2, 0) is 6.18 Å². The first-order valence-corrected chi connectivity index (χ1v) is 8.09. The summed E-state index contributed by atoms with van der Waals surface area (Å²) in [5.74, 6) is -2.19. The molecule has 0 amide bonds. The Morgan fingerprint density at radius 2 is 1.85 bits per heavy atom. The number of aromatic amines is 1. The summed E-state index contributed by atoms with van der Waals surface area (Å²) >= 11 is 11.9. The van der Waals surface area contributed by atoms with Crippen LogP contribution in [0.5, 0.6) is 0 Å². The van der Waals surface area contributed by atoms with Gasteiger partial charge in [-0.3, -0.25) is 4.79 Å². The number of nitrogens with zero attached hydrogens (tertiary/aromatic N) is 1. The standard InChI is InChI=1S/C17H9Cl2F3N2O3/c1-6-2-7(17(20,21)22)3-10-8(6)4-11(24-10)14(25)12-13(18)9(16(26)27)5-23-15(12)19/h2-5,24H,1H3,(H,26,27). The highest BCUT2D eigenvalue weighted by molar-refractivity contribution is 6.42. The zero-order valence-electron chi connectivity index (χ0n) is 13.4. The number of benzene rings is 1. The molecule has 0 fully saturated rings. The minimum atomic E-state index is -4.54. The molecule has 0 saturated heterocycles. The SMILES string of the molecule is Cc1cc(C(F)(F)F)cc2[nH]c(C(=O)c3c(Cl)ncc(C(=O)O)c3Cl)cc12. The Labute approximate surface area is 159 Å². The van der Waals surface area contributed by atoms with E-state index in [2.05, 4.69) is 9.97 Å². The van der Waals surface area contributed by atoms with Gasteiger partial charge in [0.25, 0.3) is 0 Å². The second-order valence-corrected chi connectivity index (χ2v) is 6.46. The zero-order chi connectivity index (χ0) is 20.1. The molecular formula is C17H9Cl2F3N2O3. The lowest BCUT2D eigenvalue weighted by atomic mass is 10.1. The molecule has 27 heavy (non-hydrogen) atoms. The predicted molar refractivity (Wildman–Crippen MR) is 92.7 cm³/mol. The lowest BCUT2D eigenvalue weighted by Gasteiger charge is -2.08. The van der Waals surface area contributed by atoms with Crippen molar-refractivity contribution in [3.63, 3.8) is 0 Å². The van der Waals surface area contributed by atoms with Crippen LogP contribution in [0.25, 0.3) is 10.9 Å². The average molecular weight is 417 g/mol. The summed E-state index contributed by atoms with van der Waals surface area (Å²) in [5, 5.41) is 8.78. The van der Waals surface area contributed by atoms with E-state index in [4.69, 9.17) is 28.3 Å². The Kier molecular flexibility index (Phi) is 4.65. The first-order valence-electron chi connectivity index (χ1n) is 7.33. The van der Waals surface area contributed by atoms with Gasteiger partial charge in [0.15, 0.2) is 0 Å². The number of aromatic carboxylic acids is 1. The van der Waals surface area contributed by atoms with E-state index in [1.807, 2.05) is 0 Å². The van der Waals surface area contributed by atoms with E-state index in [1.54, 1.807) is 0 Å². The van der Waals surface area contributed by atoms with Gasteiger partial charge in [0, 0.05) is 17.1 Å². The Morgan fingerprint density at radius 3 is 2.44 bits per heavy atom. The molecule has 0 unspecified atom stereocenters. The van der Waals surface area contributed by atoms with E-state index >= 15 is 0 Å². The van der Waals surface area contributed by atoms with Crippen molar-refractivity contribution < 1.29 is 27.9 Å². The van der Waals surface area contributed by atoms with Crippen LogP contribution in [-0.4, -0.2) is 26.8 Å². The molecule has 0 spiro atoms. The number of carbonyl (C=O) groups excluding carboxylic acids is 1. The van der Waals surface area contributed by atoms with Gasteiger partial charge in [0.1, 0.15) is 5.15 Å². The van der Waals surface area contributed by atoms with Gasteiger partial charge in [-0.2, -0.15) is 13.2 Å². The first kappa shape index (κ1) is 19.2. The lowest BCUT2D eigenvalue weighted by molar-refractivity contribution is -0.137. The molecular weight excluding hydrogens is 408 g/mol. The lowest BCUT2D eigenvalue weighted by Crippen LogP contribution is -2.09. The number of aromatic nitrogens is 2. The maximum absolute atomic E-state index is 13.0. The molecule has 2 aromatic heterocycles. The van der Waals surface area contributed by atoms with Gasteiger partial charge in [0.2, 0.25) is 5.78 Å². The van der Waals surface area contributed by atoms with E-state index in [0.29, 0.717) is 10.9 Å². The highest BCUT2D eigenvalue weighted by atomic mass is 35.5. The van der Waals surface area contributed by atoms with Gasteiger partial charge in [-0.05, 0) is 30.7 Å². The predicted octanol–water partition coefficient (Wildman–Crippen LogP) is 5.13. The fourth-order valence-corrected chi connectivity index (χ4v) is 3.23. The number of rotatable bonds is 3. The number of ketones is 1. The number of alkyl halides is 3. The Morgan fingerprint density at radius 1 is 1.19 bits per heavy atom. The maximum atomic E-state index is 13.0. The third-order valence-electron chi connectivity index (χ3n) is 3.94. The highest BCUT2D eigenvalue weighted by Gasteiger charge is 2.31. The van der Waals surface area contributed by atoms with E-state index in [0.717, 1.165) is 18.3 Å². The molecule has 0 aliphatic heterocycles. The molecule has 0 atom stereocenters. The van der Waals surface area contributed by atoms with Crippen LogP contribution in [0.3, 0.4) is 0 Å². The molecule has 3 aromatic rings. The smallest absolute Gasteiger partial charge is 0.416 e. The number of fused-ring (bicyclic) bond motifs is 1. The molecule has 2 N–H and O–H groups in total. The Hall–Kier alpha value is -2.58. The largest absolute Gasteiger partial charge is 0.478 e. The second-order valence-electron chi connectivity index (χ2n) is 5.72. The van der Waals surface area contributed by atoms with Gasteiger partial charge in [-0.25, -0.2) is 9.78 Å². The molecule has 10 heteroatoms. The molecule has 0 bridgehead atoms. The third kappa shape index (κ3) is 3.38. The normalized spacial score (nSPS) is 11.8. The summed E-state index contributed by atoms with van der Waals surface area (Å²) < 4.78 is 38.9. The van der Waals surface area contributed by atoms with Crippen molar-refractivity contribution in [2.45, 2.75) is 13.1 Å². The molecule has 3 rings (SSSR count). The minimum absolute atomic E-state index is 0.0967. The maximum Gasteiger partial charge on any atom is 0.416 e. The Bertz CT molecular complexity index is 1110. The average Bonchev–Trinajstić information content (AvgIpc) is 2.98. The van der Waals surface area contributed by atoms with E-state index in [9.17, 15) is 22.8 Å². The van der Waals surface area contributed by atoms with Gasteiger partial charge < -0.3 is 10.1 Å². The number of halogens is 5. The van der Waals surface area contributed by atoms with Crippen LogP contribution >= 0.6 is 23.2 Å². The number of hydrogen-bond acceptors (Lipinski definition) is 3. The molecule has 0 aliphatic rings. The molecule has 140 valence electrons. The van der Waals surface area contributed by atoms with Crippen LogP contribution in [0, 0.1) is 6.92 Å². The molecule has 5 nitrogen and oxygen atoms in total. The van der Waals surface area contributed by atoms with Crippen molar-refractivity contribution in [2.75, 3.05) is 0 Å². The van der Waals surface area contributed by atoms with Crippen LogP contribution in [0.1, 0.15) is 37.5 Å². The summed E-state index contributed by atoms with van der Waals surface area (Å²) in [6.07, 6.45) is -3.63. The summed E-state index contributed by atoms with van der Waals surface area (Å²) in [7, 11) is 0. The third-order valence-corrected chi connectivity index (χ3v) is 4.62. The highest BCUT2D eigenvalue weighted by Crippen LogP contribution is 2.34. The molecule has 0 aliphatic carbocycles. The summed E-state index contributed by atoms with van der Waals surface area (Å²) in [6.45, 7) is 1.48. The van der Waals surface area contributed by atoms with E-state index in [-0.39, 0.29) is 21.9 Å². The fraction of sp³-hybridized carbons (Fsp3) is 0.118. The van der Waals surface area contributed by atoms with E-state index < -0.39 is 34.1 Å². The summed E-state index contributed by atoms with van der Waals surface area (Å²) in [4.78, 5) is 30.2. The monoisotopic (exact) mass is 416 g/mol. The quantitative estimate of drug-likeness (QED) is 0.458. The molecule has 2 heterocycles. The zero-order valence-corrected chi connectivity index (χ0v) is 14.9. The molecule has 1 aromatic carbocycles. The van der Waals surface area contributed by atoms with Crippen LogP contribution in [0.4, 0.5) is 13.2 Å². The fourth-order valence-electron chi connectivity index (χ4n) is 2.65. The van der Waals surface area contributed by atoms with Gasteiger partial charge in [0.05, 0.1) is 27.4 Å². The van der Waals surface area contributed by atoms with Crippen molar-refractivity contribution in [1.82, 2.24) is 9.97 Å². The van der Waals surface area contributed by atoms with E-state index in [1.165, 1.54) is 13.0 Å². The number of nitrogens with one attached hydrogen (secondary N) is 1. The van der Waals surface area contributed by atoms with Crippen molar-refractivity contribution in [2.24, 2.45) is 0 Å². The van der Waals surface area contributed by atoms with Gasteiger partial charge >= 0.3 is 12.1 Å². The number of carbonyl (C=O) groups is 2. The number of H-pyrrole nitrogens is 1. The number of aryl methyl sites for hydroxylation is 1. The topological polar surface area (TPSA) is 83.0 Å². The van der Waals surface area contributed by atoms with Crippen LogP contribution in [0.2, 0.25) is 10.2 Å². The van der Waals surface area contributed by atoms with Crippen LogP contribution in [0.15, 0.2) is 24.4 Å². The number of hydrogen-bond donors (Lipinski definition) is 2. The summed E-state index contributed by atoms with van der Waals surface area (Å²) in [5.41, 5.74) is -1.32.